The average Bonchev–Trinajstić information content (AvgIpc) is 1.84. The maximum absolute atomic E-state index is 8.87. The quantitative estimate of drug-likeness (QED) is 0.445. The summed E-state index contributed by atoms with van der Waals surface area (Å²) in [5.41, 5.74) is 0. The minimum atomic E-state index is -0.638. The zero-order valence-electron chi connectivity index (χ0n) is 5.79. The lowest BCUT2D eigenvalue weighted by Crippen LogP contribution is -2.48. The molecule has 0 aromatic heterocycles. The van der Waals surface area contributed by atoms with Crippen LogP contribution in [0.3, 0.4) is 0 Å². The van der Waals surface area contributed by atoms with E-state index in [4.69, 9.17) is 14.9 Å². The van der Waals surface area contributed by atoms with Gasteiger partial charge >= 0.3 is 0 Å². The molecule has 1 aliphatic heterocycles. The van der Waals surface area contributed by atoms with Crippen LogP contribution in [-0.2, 0) is 4.74 Å². The molecule has 0 amide bonds. The molecule has 0 aliphatic carbocycles. The molecule has 0 bridgehead atoms. The van der Waals surface area contributed by atoms with Crippen molar-refractivity contribution in [1.29, 1.82) is 0 Å². The van der Waals surface area contributed by atoms with Gasteiger partial charge in [0.15, 0.2) is 0 Å². The molecule has 1 saturated heterocycles. The van der Waals surface area contributed by atoms with Crippen molar-refractivity contribution in [2.24, 2.45) is 0 Å². The Morgan fingerprint density at radius 1 is 1.60 bits per heavy atom. The lowest BCUT2D eigenvalue weighted by molar-refractivity contribution is -0.0125. The van der Waals surface area contributed by atoms with Crippen molar-refractivity contribution in [1.82, 2.24) is 5.32 Å². The fourth-order valence-electron chi connectivity index (χ4n) is 0.721. The van der Waals surface area contributed by atoms with Gasteiger partial charge in [0, 0.05) is 6.54 Å². The van der Waals surface area contributed by atoms with Crippen molar-refractivity contribution in [2.75, 3.05) is 26.4 Å². The second kappa shape index (κ2) is 3.88. The Labute approximate surface area is 59.8 Å². The van der Waals surface area contributed by atoms with Gasteiger partial charge in [-0.15, -0.1) is 0 Å². The summed E-state index contributed by atoms with van der Waals surface area (Å²) in [5.74, 6) is 0. The molecule has 4 nitrogen and oxygen atoms in total. The van der Waals surface area contributed by atoms with Gasteiger partial charge in [0.05, 0.1) is 32.0 Å². The first-order valence-corrected chi connectivity index (χ1v) is 3.43. The summed E-state index contributed by atoms with van der Waals surface area (Å²) in [6.07, 6.45) is -0.638. The second-order valence-electron chi connectivity index (χ2n) is 2.48. The monoisotopic (exact) mass is 147 g/mol. The minimum absolute atomic E-state index is 0.180. The van der Waals surface area contributed by atoms with E-state index in [1.165, 1.54) is 0 Å². The summed E-state index contributed by atoms with van der Waals surface area (Å²) in [4.78, 5) is 0. The molecule has 0 aromatic rings. The predicted octanol–water partition coefficient (Wildman–Crippen LogP) is -1.67. The van der Waals surface area contributed by atoms with Crippen molar-refractivity contribution >= 4 is 0 Å². The molecule has 60 valence electrons. The Morgan fingerprint density at radius 2 is 2.30 bits per heavy atom. The van der Waals surface area contributed by atoms with Gasteiger partial charge in [-0.05, 0) is 0 Å². The van der Waals surface area contributed by atoms with Crippen LogP contribution in [0.2, 0.25) is 0 Å². The smallest absolute Gasteiger partial charge is 0.0895 e. The predicted molar refractivity (Wildman–Crippen MR) is 35.7 cm³/mol. The highest BCUT2D eigenvalue weighted by Gasteiger charge is 2.17. The van der Waals surface area contributed by atoms with Crippen molar-refractivity contribution < 1.29 is 14.9 Å². The Kier molecular flexibility index (Phi) is 3.08. The van der Waals surface area contributed by atoms with Crippen molar-refractivity contribution in [3.8, 4) is 0 Å². The second-order valence-corrected chi connectivity index (χ2v) is 2.48. The number of aliphatic hydroxyl groups is 2. The van der Waals surface area contributed by atoms with Crippen LogP contribution in [0.25, 0.3) is 0 Å². The maximum atomic E-state index is 8.87. The van der Waals surface area contributed by atoms with Gasteiger partial charge < -0.3 is 20.3 Å². The standard InChI is InChI=1S/C6H13NO3/c8-2-6(9)1-7-5-3-10-4-5/h5-9H,1-4H2. The lowest BCUT2D eigenvalue weighted by Gasteiger charge is -2.27. The van der Waals surface area contributed by atoms with Gasteiger partial charge in [-0.1, -0.05) is 0 Å². The highest BCUT2D eigenvalue weighted by molar-refractivity contribution is 4.74. The van der Waals surface area contributed by atoms with Crippen LogP contribution in [0, 0.1) is 0 Å². The molecule has 1 atom stereocenters. The summed E-state index contributed by atoms with van der Waals surface area (Å²) in [6, 6.07) is 0.376. The van der Waals surface area contributed by atoms with Gasteiger partial charge in [-0.2, -0.15) is 0 Å². The van der Waals surface area contributed by atoms with E-state index in [0.29, 0.717) is 12.6 Å². The topological polar surface area (TPSA) is 61.7 Å². The van der Waals surface area contributed by atoms with Gasteiger partial charge in [-0.25, -0.2) is 0 Å². The Hall–Kier alpha value is -0.160. The summed E-state index contributed by atoms with van der Waals surface area (Å²) < 4.78 is 4.89. The molecule has 1 unspecified atom stereocenters. The third-order valence-corrected chi connectivity index (χ3v) is 1.49. The Bertz CT molecular complexity index is 90.2. The van der Waals surface area contributed by atoms with Crippen LogP contribution >= 0.6 is 0 Å². The summed E-state index contributed by atoms with van der Waals surface area (Å²) in [7, 11) is 0. The number of nitrogens with one attached hydrogen (secondary N) is 1. The summed E-state index contributed by atoms with van der Waals surface area (Å²) >= 11 is 0. The first kappa shape index (κ1) is 7.94. The molecule has 0 radical (unpaired) electrons. The lowest BCUT2D eigenvalue weighted by atomic mass is 10.2. The highest BCUT2D eigenvalue weighted by atomic mass is 16.5. The first-order valence-electron chi connectivity index (χ1n) is 3.43. The van der Waals surface area contributed by atoms with E-state index in [9.17, 15) is 0 Å². The summed E-state index contributed by atoms with van der Waals surface area (Å²) in [5, 5.41) is 20.3. The molecule has 10 heavy (non-hydrogen) atoms. The Balaban J connectivity index is 1.93. The molecule has 1 fully saturated rings. The zero-order valence-corrected chi connectivity index (χ0v) is 5.79. The van der Waals surface area contributed by atoms with Crippen LogP contribution < -0.4 is 5.32 Å². The van der Waals surface area contributed by atoms with Gasteiger partial charge in [0.25, 0.3) is 0 Å². The normalized spacial score (nSPS) is 22.2. The Morgan fingerprint density at radius 3 is 2.70 bits per heavy atom. The minimum Gasteiger partial charge on any atom is -0.394 e. The van der Waals surface area contributed by atoms with Crippen LogP contribution in [-0.4, -0.2) is 48.7 Å². The molecule has 0 saturated carbocycles. The number of hydrogen-bond donors (Lipinski definition) is 3. The molecular weight excluding hydrogens is 134 g/mol. The van der Waals surface area contributed by atoms with Gasteiger partial charge in [0.2, 0.25) is 0 Å². The number of ether oxygens (including phenoxy) is 1. The van der Waals surface area contributed by atoms with E-state index >= 15 is 0 Å². The van der Waals surface area contributed by atoms with Gasteiger partial charge in [0.1, 0.15) is 0 Å². The molecule has 0 aromatic carbocycles. The number of hydrogen-bond acceptors (Lipinski definition) is 4. The maximum Gasteiger partial charge on any atom is 0.0895 e. The third-order valence-electron chi connectivity index (χ3n) is 1.49. The first-order chi connectivity index (χ1) is 4.83. The van der Waals surface area contributed by atoms with Crippen molar-refractivity contribution in [2.45, 2.75) is 12.1 Å². The summed E-state index contributed by atoms with van der Waals surface area (Å²) in [6.45, 7) is 1.71. The van der Waals surface area contributed by atoms with E-state index in [2.05, 4.69) is 5.32 Å². The van der Waals surface area contributed by atoms with Crippen LogP contribution in [0.1, 0.15) is 0 Å². The third kappa shape index (κ3) is 2.22. The van der Waals surface area contributed by atoms with Crippen molar-refractivity contribution in [3.05, 3.63) is 0 Å². The average molecular weight is 147 g/mol. The fourth-order valence-corrected chi connectivity index (χ4v) is 0.721. The molecule has 3 N–H and O–H groups in total. The van der Waals surface area contributed by atoms with Crippen molar-refractivity contribution in [3.63, 3.8) is 0 Å². The molecule has 1 rings (SSSR count). The SMILES string of the molecule is OCC(O)CNC1COC1. The van der Waals surface area contributed by atoms with E-state index in [-0.39, 0.29) is 6.61 Å². The molecular formula is C6H13NO3. The number of rotatable bonds is 4. The molecule has 1 heterocycles. The van der Waals surface area contributed by atoms with Crippen LogP contribution in [0.4, 0.5) is 0 Å². The molecule has 0 spiro atoms. The number of aliphatic hydroxyl groups excluding tert-OH is 2. The van der Waals surface area contributed by atoms with E-state index in [1.54, 1.807) is 0 Å². The van der Waals surface area contributed by atoms with E-state index in [0.717, 1.165) is 13.2 Å². The zero-order chi connectivity index (χ0) is 7.40. The molecule has 4 heteroatoms. The fraction of sp³-hybridized carbons (Fsp3) is 1.00. The highest BCUT2D eigenvalue weighted by Crippen LogP contribution is 1.98. The van der Waals surface area contributed by atoms with Gasteiger partial charge in [-0.3, -0.25) is 0 Å². The van der Waals surface area contributed by atoms with E-state index in [1.807, 2.05) is 0 Å². The largest absolute Gasteiger partial charge is 0.394 e. The van der Waals surface area contributed by atoms with Crippen LogP contribution in [0.5, 0.6) is 0 Å². The molecule has 1 aliphatic rings. The van der Waals surface area contributed by atoms with Crippen LogP contribution in [0.15, 0.2) is 0 Å². The van der Waals surface area contributed by atoms with E-state index < -0.39 is 6.10 Å².